The number of nitrogens with zero attached hydrogens (tertiary/aromatic N) is 1. The van der Waals surface area contributed by atoms with Crippen molar-refractivity contribution in [2.45, 2.75) is 24.8 Å². The molecule has 0 spiro atoms. The number of fused-ring (bicyclic) bond motifs is 1. The van der Waals surface area contributed by atoms with Crippen molar-refractivity contribution in [3.05, 3.63) is 28.9 Å². The van der Waals surface area contributed by atoms with Gasteiger partial charge in [0.25, 0.3) is 5.92 Å². The summed E-state index contributed by atoms with van der Waals surface area (Å²) in [6.45, 7) is -0.205. The molecule has 1 aliphatic rings. The number of halogens is 3. The van der Waals surface area contributed by atoms with E-state index < -0.39 is 34.4 Å². The maximum absolute atomic E-state index is 14.2. The number of furan rings is 1. The van der Waals surface area contributed by atoms with E-state index in [0.29, 0.717) is 16.7 Å². The van der Waals surface area contributed by atoms with Crippen molar-refractivity contribution in [2.24, 2.45) is 0 Å². The summed E-state index contributed by atoms with van der Waals surface area (Å²) in [7, 11) is -3.79. The van der Waals surface area contributed by atoms with Gasteiger partial charge in [-0.25, -0.2) is 26.7 Å². The topological polar surface area (TPSA) is 91.7 Å². The second-order valence-electron chi connectivity index (χ2n) is 6.42. The van der Waals surface area contributed by atoms with Crippen molar-refractivity contribution in [2.75, 3.05) is 24.7 Å². The normalized spacial score (nSPS) is 20.4. The number of alkyl halides is 2. The monoisotopic (exact) mass is 465 g/mol. The molecule has 1 aromatic carbocycles. The van der Waals surface area contributed by atoms with E-state index in [9.17, 15) is 22.0 Å². The number of carbonyl (C=O) groups excluding carboxylic acids is 1. The largest absolute Gasteiger partial charge is 0.462 e. The average molecular weight is 466 g/mol. The lowest BCUT2D eigenvalue weighted by Gasteiger charge is -2.23. The Balaban J connectivity index is 1.74. The summed E-state index contributed by atoms with van der Waals surface area (Å²) in [5.74, 6) is -3.25. The van der Waals surface area contributed by atoms with Crippen molar-refractivity contribution in [1.29, 1.82) is 0 Å². The van der Waals surface area contributed by atoms with Crippen LogP contribution in [-0.2, 0) is 10.0 Å². The zero-order chi connectivity index (χ0) is 19.8. The van der Waals surface area contributed by atoms with Gasteiger partial charge in [0.2, 0.25) is 10.0 Å². The van der Waals surface area contributed by atoms with E-state index in [1.807, 2.05) is 4.72 Å². The van der Waals surface area contributed by atoms with Gasteiger partial charge in [-0.05, 0) is 34.5 Å². The van der Waals surface area contributed by atoms with Gasteiger partial charge < -0.3 is 14.6 Å². The molecule has 1 aliphatic heterocycles. The van der Waals surface area contributed by atoms with Gasteiger partial charge in [-0.3, -0.25) is 0 Å². The van der Waals surface area contributed by atoms with E-state index in [1.54, 1.807) is 18.2 Å². The lowest BCUT2D eigenvalue weighted by atomic mass is 10.1. The van der Waals surface area contributed by atoms with Crippen LogP contribution in [0, 0.1) is 0 Å². The zero-order valence-corrected chi connectivity index (χ0v) is 16.7. The summed E-state index contributed by atoms with van der Waals surface area (Å²) in [6.07, 6.45) is 1.39. The molecule has 0 unspecified atom stereocenters. The molecule has 1 atom stereocenters. The third-order valence-corrected chi connectivity index (χ3v) is 5.72. The summed E-state index contributed by atoms with van der Waals surface area (Å²) in [5.41, 5.74) is 0.990. The fraction of sp³-hybridized carbons (Fsp3) is 0.438. The van der Waals surface area contributed by atoms with Crippen LogP contribution in [0.15, 0.2) is 33.4 Å². The van der Waals surface area contributed by atoms with Crippen LogP contribution in [0.4, 0.5) is 19.3 Å². The van der Waals surface area contributed by atoms with Crippen LogP contribution in [0.5, 0.6) is 0 Å². The first-order valence-corrected chi connectivity index (χ1v) is 10.8. The molecule has 0 bridgehead atoms. The van der Waals surface area contributed by atoms with Crippen LogP contribution < -0.4 is 10.0 Å². The number of anilines is 1. The molecule has 2 N–H and O–H groups in total. The summed E-state index contributed by atoms with van der Waals surface area (Å²) in [6, 6.07) is 3.22. The van der Waals surface area contributed by atoms with E-state index in [-0.39, 0.29) is 19.5 Å². The number of hydrogen-bond acceptors (Lipinski definition) is 4. The second kappa shape index (κ2) is 7.36. The molecule has 3 rings (SSSR count). The molecule has 2 heterocycles. The number of rotatable bonds is 3. The molecule has 148 valence electrons. The molecule has 0 radical (unpaired) electrons. The van der Waals surface area contributed by atoms with Gasteiger partial charge in [-0.15, -0.1) is 0 Å². The lowest BCUT2D eigenvalue weighted by Crippen LogP contribution is -2.47. The number of hydrogen-bond donors (Lipinski definition) is 2. The Labute approximate surface area is 163 Å². The Kier molecular flexibility index (Phi) is 5.46. The van der Waals surface area contributed by atoms with E-state index >= 15 is 0 Å². The van der Waals surface area contributed by atoms with Gasteiger partial charge in [0.15, 0.2) is 0 Å². The fourth-order valence-corrected chi connectivity index (χ4v) is 4.37. The Morgan fingerprint density at radius 1 is 1.37 bits per heavy atom. The highest BCUT2D eigenvalue weighted by Gasteiger charge is 2.43. The predicted octanol–water partition coefficient (Wildman–Crippen LogP) is 3.38. The maximum atomic E-state index is 14.2. The molecule has 0 aliphatic carbocycles. The number of benzene rings is 1. The highest BCUT2D eigenvalue weighted by molar-refractivity contribution is 9.10. The van der Waals surface area contributed by atoms with Crippen molar-refractivity contribution in [1.82, 2.24) is 9.62 Å². The van der Waals surface area contributed by atoms with Crippen molar-refractivity contribution in [3.8, 4) is 0 Å². The highest BCUT2D eigenvalue weighted by atomic mass is 79.9. The van der Waals surface area contributed by atoms with E-state index in [2.05, 4.69) is 21.2 Å². The number of likely N-dealkylation sites (tertiary alicyclic amines) is 1. The molecule has 7 nitrogen and oxygen atoms in total. The molecule has 2 aromatic rings. The smallest absolute Gasteiger partial charge is 0.321 e. The van der Waals surface area contributed by atoms with Crippen molar-refractivity contribution >= 4 is 48.6 Å². The van der Waals surface area contributed by atoms with Crippen LogP contribution in [0.2, 0.25) is 0 Å². The summed E-state index contributed by atoms with van der Waals surface area (Å²) in [5, 5.41) is 3.34. The Morgan fingerprint density at radius 2 is 2.11 bits per heavy atom. The molecule has 27 heavy (non-hydrogen) atoms. The number of carbonyl (C=O) groups is 1. The van der Waals surface area contributed by atoms with Crippen LogP contribution in [-0.4, -0.2) is 50.7 Å². The predicted molar refractivity (Wildman–Crippen MR) is 100 cm³/mol. The summed E-state index contributed by atoms with van der Waals surface area (Å²) in [4.78, 5) is 13.8. The number of sulfonamides is 1. The first-order valence-electron chi connectivity index (χ1n) is 8.13. The SMILES string of the molecule is CS(=O)(=O)N[C@@H]1CCN(C(=O)Nc2coc3cccc(Br)c23)CCC1(F)F. The minimum atomic E-state index is -3.79. The van der Waals surface area contributed by atoms with E-state index in [4.69, 9.17) is 4.42 Å². The average Bonchev–Trinajstić information content (AvgIpc) is 2.90. The van der Waals surface area contributed by atoms with Gasteiger partial charge in [0.05, 0.1) is 23.4 Å². The zero-order valence-electron chi connectivity index (χ0n) is 14.3. The molecule has 11 heteroatoms. The van der Waals surface area contributed by atoms with Gasteiger partial charge in [0.1, 0.15) is 11.8 Å². The molecular weight excluding hydrogens is 448 g/mol. The molecule has 2 amide bonds. The van der Waals surface area contributed by atoms with Gasteiger partial charge >= 0.3 is 6.03 Å². The number of amides is 2. The quantitative estimate of drug-likeness (QED) is 0.726. The Hall–Kier alpha value is -1.72. The lowest BCUT2D eigenvalue weighted by molar-refractivity contribution is -0.0338. The Bertz CT molecular complexity index is 964. The molecule has 1 saturated heterocycles. The Morgan fingerprint density at radius 3 is 2.81 bits per heavy atom. The van der Waals surface area contributed by atoms with E-state index in [0.717, 1.165) is 10.7 Å². The van der Waals surface area contributed by atoms with Crippen molar-refractivity contribution in [3.63, 3.8) is 0 Å². The first-order chi connectivity index (χ1) is 12.6. The fourth-order valence-electron chi connectivity index (χ4n) is 3.00. The van der Waals surface area contributed by atoms with E-state index in [1.165, 1.54) is 11.2 Å². The number of nitrogens with one attached hydrogen (secondary N) is 2. The minimum Gasteiger partial charge on any atom is -0.462 e. The van der Waals surface area contributed by atoms with Gasteiger partial charge in [-0.1, -0.05) is 6.07 Å². The minimum absolute atomic E-state index is 0.00837. The molecule has 0 saturated carbocycles. The first kappa shape index (κ1) is 20.0. The van der Waals surface area contributed by atoms with Crippen molar-refractivity contribution < 1.29 is 26.4 Å². The molecule has 1 aromatic heterocycles. The van der Waals surface area contributed by atoms with Crippen LogP contribution in [0.1, 0.15) is 12.8 Å². The van der Waals surface area contributed by atoms with Gasteiger partial charge in [-0.2, -0.15) is 0 Å². The third kappa shape index (κ3) is 4.58. The maximum Gasteiger partial charge on any atom is 0.321 e. The second-order valence-corrected chi connectivity index (χ2v) is 9.06. The third-order valence-electron chi connectivity index (χ3n) is 4.35. The highest BCUT2D eigenvalue weighted by Crippen LogP contribution is 2.33. The summed E-state index contributed by atoms with van der Waals surface area (Å²) < 4.78 is 59.2. The van der Waals surface area contributed by atoms with Crippen LogP contribution in [0.25, 0.3) is 11.0 Å². The molecule has 1 fully saturated rings. The number of urea groups is 1. The van der Waals surface area contributed by atoms with Crippen LogP contribution in [0.3, 0.4) is 0 Å². The van der Waals surface area contributed by atoms with Crippen LogP contribution >= 0.6 is 15.9 Å². The standard InChI is InChI=1S/C16H18BrF2N3O4S/c1-27(24,25)21-13-5-7-22(8-6-16(13,18)19)15(23)20-11-9-26-12-4-2-3-10(17)14(11)12/h2-4,9,13,21H,5-8H2,1H3,(H,20,23)/t13-/m1/s1. The molecular formula is C16H18BrF2N3O4S. The van der Waals surface area contributed by atoms with Gasteiger partial charge in [0, 0.05) is 24.0 Å². The summed E-state index contributed by atoms with van der Waals surface area (Å²) >= 11 is 3.39.